The van der Waals surface area contributed by atoms with Gasteiger partial charge in [0, 0.05) is 4.92 Å². The maximum absolute atomic E-state index is 11.6. The summed E-state index contributed by atoms with van der Waals surface area (Å²) in [5, 5.41) is 34.4. The fraction of sp³-hybridized carbons (Fsp3) is 1.00. The van der Waals surface area contributed by atoms with Crippen LogP contribution in [-0.2, 0) is 9.68 Å². The average molecular weight is 364 g/mol. The van der Waals surface area contributed by atoms with Crippen LogP contribution in [-0.4, -0.2) is 43.5 Å². The minimum absolute atomic E-state index is 0.247. The lowest BCUT2D eigenvalue weighted by Crippen LogP contribution is -2.59. The van der Waals surface area contributed by atoms with Crippen molar-refractivity contribution in [3.8, 4) is 0 Å². The third-order valence-corrected chi connectivity index (χ3v) is 4.93. The number of hydrogen-bond donors (Lipinski definition) is 0. The Hall–Kier alpha value is -1.92. The maximum Gasteiger partial charge on any atom is 0.569 e. The van der Waals surface area contributed by atoms with E-state index in [2.05, 4.69) is 0 Å². The molecule has 0 radical (unpaired) electrons. The van der Waals surface area contributed by atoms with Gasteiger partial charge >= 0.3 is 5.79 Å². The lowest BCUT2D eigenvalue weighted by Gasteiger charge is -2.33. The summed E-state index contributed by atoms with van der Waals surface area (Å²) >= 11 is 0. The van der Waals surface area contributed by atoms with Crippen LogP contribution >= 0.6 is 0 Å². The smallest absolute Gasteiger partial charge is 0.264 e. The Morgan fingerprint density at radius 3 is 1.96 bits per heavy atom. The van der Waals surface area contributed by atoms with Gasteiger partial charge < -0.3 is 0 Å². The van der Waals surface area contributed by atoms with Crippen molar-refractivity contribution in [2.45, 2.75) is 65.0 Å². The van der Waals surface area contributed by atoms with Crippen molar-refractivity contribution >= 4 is 0 Å². The Morgan fingerprint density at radius 2 is 1.64 bits per heavy atom. The van der Waals surface area contributed by atoms with Crippen LogP contribution in [0.3, 0.4) is 0 Å². The van der Waals surface area contributed by atoms with Gasteiger partial charge in [0.1, 0.15) is 21.9 Å². The van der Waals surface area contributed by atoms with E-state index in [1.165, 1.54) is 13.8 Å². The SMILES string of the molecule is CC(C)C(C)(C[N+](=O)[O-])ON1OC(C)(C(C)C)CC1([N+](=O)[O-])[N+](=O)[O-]. The van der Waals surface area contributed by atoms with E-state index in [1.807, 2.05) is 0 Å². The van der Waals surface area contributed by atoms with Gasteiger partial charge in [0.25, 0.3) is 0 Å². The second kappa shape index (κ2) is 6.77. The monoisotopic (exact) mass is 364 g/mol. The summed E-state index contributed by atoms with van der Waals surface area (Å²) in [5.74, 6) is -3.66. The second-order valence-electron chi connectivity index (χ2n) is 7.33. The molecule has 0 aliphatic carbocycles. The molecule has 0 aromatic carbocycles. The van der Waals surface area contributed by atoms with Crippen molar-refractivity contribution in [2.24, 2.45) is 11.8 Å². The highest BCUT2D eigenvalue weighted by Crippen LogP contribution is 2.45. The molecule has 0 aromatic heterocycles. The second-order valence-corrected chi connectivity index (χ2v) is 7.33. The fourth-order valence-corrected chi connectivity index (χ4v) is 2.32. The molecule has 25 heavy (non-hydrogen) atoms. The molecular weight excluding hydrogens is 340 g/mol. The summed E-state index contributed by atoms with van der Waals surface area (Å²) in [6.45, 7) is 8.79. The third-order valence-electron chi connectivity index (χ3n) is 4.93. The molecule has 0 spiro atoms. The molecule has 0 aromatic rings. The molecule has 1 rings (SSSR count). The van der Waals surface area contributed by atoms with Gasteiger partial charge in [0.05, 0.1) is 5.23 Å². The largest absolute Gasteiger partial charge is 0.569 e. The molecule has 2 unspecified atom stereocenters. The average Bonchev–Trinajstić information content (AvgIpc) is 2.72. The molecule has 1 aliphatic heterocycles. The number of nitro groups is 3. The van der Waals surface area contributed by atoms with Crippen molar-refractivity contribution in [1.29, 1.82) is 0 Å². The maximum atomic E-state index is 11.6. The first-order chi connectivity index (χ1) is 11.2. The molecule has 1 heterocycles. The zero-order valence-electron chi connectivity index (χ0n) is 15.1. The van der Waals surface area contributed by atoms with E-state index in [-0.39, 0.29) is 11.1 Å². The summed E-state index contributed by atoms with van der Waals surface area (Å²) in [6.07, 6.45) is -0.565. The van der Waals surface area contributed by atoms with Gasteiger partial charge in [-0.05, 0) is 25.7 Å². The van der Waals surface area contributed by atoms with Gasteiger partial charge in [-0.25, -0.2) is 4.84 Å². The summed E-state index contributed by atoms with van der Waals surface area (Å²) in [4.78, 5) is 42.2. The van der Waals surface area contributed by atoms with E-state index in [0.717, 1.165) is 0 Å². The van der Waals surface area contributed by atoms with Crippen LogP contribution in [0.1, 0.15) is 48.0 Å². The van der Waals surface area contributed by atoms with Crippen LogP contribution in [0, 0.1) is 42.2 Å². The standard InChI is InChI=1S/C13H24N4O8/c1-9(2)11(5)7-13(15(20)21,16(22)23)17(24-11)25-12(6,10(3)4)8-14(18)19/h9-10H,7-8H2,1-6H3. The Bertz CT molecular complexity index is 554. The highest BCUT2D eigenvalue weighted by molar-refractivity contribution is 4.89. The minimum atomic E-state index is -2.88. The minimum Gasteiger partial charge on any atom is -0.264 e. The molecule has 0 amide bonds. The summed E-state index contributed by atoms with van der Waals surface area (Å²) in [6, 6.07) is 0. The van der Waals surface area contributed by atoms with Gasteiger partial charge in [0.2, 0.25) is 6.54 Å². The fourth-order valence-electron chi connectivity index (χ4n) is 2.32. The van der Waals surface area contributed by atoms with Crippen molar-refractivity contribution in [1.82, 2.24) is 5.23 Å². The zero-order valence-corrected chi connectivity index (χ0v) is 15.1. The van der Waals surface area contributed by atoms with E-state index in [1.54, 1.807) is 27.7 Å². The molecule has 1 aliphatic rings. The quantitative estimate of drug-likeness (QED) is 0.357. The van der Waals surface area contributed by atoms with Gasteiger partial charge in [-0.3, -0.25) is 35.2 Å². The summed E-state index contributed by atoms with van der Waals surface area (Å²) < 4.78 is 0. The Kier molecular flexibility index (Phi) is 5.72. The van der Waals surface area contributed by atoms with Crippen molar-refractivity contribution < 1.29 is 24.4 Å². The van der Waals surface area contributed by atoms with E-state index in [9.17, 15) is 30.3 Å². The van der Waals surface area contributed by atoms with Crippen LogP contribution in [0.25, 0.3) is 0 Å². The number of hydrogen-bond acceptors (Lipinski definition) is 9. The van der Waals surface area contributed by atoms with Crippen LogP contribution in [0.15, 0.2) is 0 Å². The first kappa shape index (κ1) is 21.1. The van der Waals surface area contributed by atoms with Gasteiger partial charge in [-0.2, -0.15) is 0 Å². The van der Waals surface area contributed by atoms with Crippen molar-refractivity contribution in [3.63, 3.8) is 0 Å². The van der Waals surface area contributed by atoms with E-state index in [4.69, 9.17) is 9.68 Å². The van der Waals surface area contributed by atoms with E-state index < -0.39 is 50.6 Å². The molecule has 0 bridgehead atoms. The van der Waals surface area contributed by atoms with Gasteiger partial charge in [-0.15, -0.1) is 0 Å². The number of hydroxylamine groups is 2. The molecule has 12 heteroatoms. The Balaban J connectivity index is 3.38. The van der Waals surface area contributed by atoms with E-state index >= 15 is 0 Å². The van der Waals surface area contributed by atoms with Crippen LogP contribution < -0.4 is 0 Å². The summed E-state index contributed by atoms with van der Waals surface area (Å²) in [7, 11) is 0. The Labute approximate surface area is 144 Å². The first-order valence-electron chi connectivity index (χ1n) is 7.80. The van der Waals surface area contributed by atoms with Crippen LogP contribution in [0.2, 0.25) is 0 Å². The molecule has 1 fully saturated rings. The van der Waals surface area contributed by atoms with Gasteiger partial charge in [-0.1, -0.05) is 27.7 Å². The molecule has 12 nitrogen and oxygen atoms in total. The zero-order chi connectivity index (χ0) is 19.8. The number of nitrogens with zero attached hydrogens (tertiary/aromatic N) is 4. The topological polar surface area (TPSA) is 151 Å². The molecule has 0 saturated carbocycles. The van der Waals surface area contributed by atoms with Crippen LogP contribution in [0.5, 0.6) is 0 Å². The lowest BCUT2D eigenvalue weighted by molar-refractivity contribution is -0.854. The predicted molar refractivity (Wildman–Crippen MR) is 83.7 cm³/mol. The molecular formula is C13H24N4O8. The molecule has 144 valence electrons. The van der Waals surface area contributed by atoms with E-state index in [0.29, 0.717) is 0 Å². The number of rotatable bonds is 8. The molecule has 2 atom stereocenters. The van der Waals surface area contributed by atoms with Crippen LogP contribution in [0.4, 0.5) is 0 Å². The molecule has 0 N–H and O–H groups in total. The normalized spacial score (nSPS) is 25.9. The highest BCUT2D eigenvalue weighted by Gasteiger charge is 2.75. The predicted octanol–water partition coefficient (Wildman–Crippen LogP) is 1.87. The van der Waals surface area contributed by atoms with Gasteiger partial charge in [0.15, 0.2) is 5.60 Å². The molecule has 1 saturated heterocycles. The lowest BCUT2D eigenvalue weighted by atomic mass is 9.87. The first-order valence-corrected chi connectivity index (χ1v) is 7.80. The van der Waals surface area contributed by atoms with Crippen molar-refractivity contribution in [3.05, 3.63) is 30.3 Å². The van der Waals surface area contributed by atoms with Crippen molar-refractivity contribution in [2.75, 3.05) is 6.54 Å². The highest BCUT2D eigenvalue weighted by atomic mass is 17.0. The third kappa shape index (κ3) is 3.70. The summed E-state index contributed by atoms with van der Waals surface area (Å²) in [5.41, 5.74) is -2.78. The Morgan fingerprint density at radius 1 is 1.16 bits per heavy atom.